The van der Waals surface area contributed by atoms with Gasteiger partial charge < -0.3 is 0 Å². The Morgan fingerprint density at radius 1 is 0.812 bits per heavy atom. The van der Waals surface area contributed by atoms with Crippen molar-refractivity contribution in [1.82, 2.24) is 9.97 Å². The van der Waals surface area contributed by atoms with E-state index in [2.05, 4.69) is 37.7 Å². The van der Waals surface area contributed by atoms with E-state index in [1.165, 1.54) is 12.8 Å². The molecule has 0 atom stereocenters. The van der Waals surface area contributed by atoms with Gasteiger partial charge >= 0.3 is 0 Å². The Morgan fingerprint density at radius 2 is 1.19 bits per heavy atom. The molecule has 2 heteroatoms. The van der Waals surface area contributed by atoms with Crippen LogP contribution in [0, 0.1) is 11.8 Å². The predicted octanol–water partition coefficient (Wildman–Crippen LogP) is 3.65. The molecule has 90 valence electrons. The predicted molar refractivity (Wildman–Crippen MR) is 68.4 cm³/mol. The summed E-state index contributed by atoms with van der Waals surface area (Å²) in [5.41, 5.74) is 2.25. The van der Waals surface area contributed by atoms with Crippen LogP contribution in [0.1, 0.15) is 51.9 Å². The summed E-state index contributed by atoms with van der Waals surface area (Å²) in [5, 5.41) is 0. The van der Waals surface area contributed by atoms with Crippen LogP contribution in [0.5, 0.6) is 0 Å². The molecule has 1 aromatic heterocycles. The monoisotopic (exact) mass is 220 g/mol. The highest BCUT2D eigenvalue weighted by Gasteiger charge is 2.01. The van der Waals surface area contributed by atoms with Crippen molar-refractivity contribution in [2.75, 3.05) is 0 Å². The van der Waals surface area contributed by atoms with Gasteiger partial charge in [0.1, 0.15) is 0 Å². The molecule has 0 saturated carbocycles. The van der Waals surface area contributed by atoms with Crippen molar-refractivity contribution < 1.29 is 0 Å². The van der Waals surface area contributed by atoms with Crippen LogP contribution in [-0.4, -0.2) is 9.97 Å². The fraction of sp³-hybridized carbons (Fsp3) is 0.714. The number of aryl methyl sites for hydroxylation is 2. The van der Waals surface area contributed by atoms with E-state index in [4.69, 9.17) is 0 Å². The zero-order chi connectivity index (χ0) is 12.0. The van der Waals surface area contributed by atoms with E-state index in [0.29, 0.717) is 0 Å². The molecule has 0 fully saturated rings. The zero-order valence-electron chi connectivity index (χ0n) is 11.0. The molecule has 0 aromatic carbocycles. The maximum absolute atomic E-state index is 4.47. The number of hydrogen-bond donors (Lipinski definition) is 0. The minimum Gasteiger partial charge on any atom is -0.258 e. The highest BCUT2D eigenvalue weighted by Crippen LogP contribution is 2.08. The summed E-state index contributed by atoms with van der Waals surface area (Å²) in [6.45, 7) is 8.96. The van der Waals surface area contributed by atoms with Crippen molar-refractivity contribution in [3.05, 3.63) is 23.8 Å². The molecule has 1 rings (SSSR count). The zero-order valence-corrected chi connectivity index (χ0v) is 11.0. The van der Waals surface area contributed by atoms with Gasteiger partial charge in [-0.15, -0.1) is 0 Å². The Hall–Kier alpha value is -0.920. The lowest BCUT2D eigenvalue weighted by Gasteiger charge is -2.06. The molecule has 0 spiro atoms. The summed E-state index contributed by atoms with van der Waals surface area (Å²) in [6, 6.07) is 0. The van der Waals surface area contributed by atoms with Crippen molar-refractivity contribution in [2.45, 2.75) is 53.4 Å². The fourth-order valence-electron chi connectivity index (χ4n) is 1.51. The van der Waals surface area contributed by atoms with Crippen LogP contribution < -0.4 is 0 Å². The Morgan fingerprint density at radius 3 is 1.44 bits per heavy atom. The van der Waals surface area contributed by atoms with Crippen LogP contribution >= 0.6 is 0 Å². The Kier molecular flexibility index (Phi) is 5.44. The molecule has 0 aliphatic rings. The van der Waals surface area contributed by atoms with Crippen LogP contribution in [0.15, 0.2) is 12.4 Å². The average Bonchev–Trinajstić information content (AvgIpc) is 2.25. The first-order valence-electron chi connectivity index (χ1n) is 6.37. The Balaban J connectivity index is 2.41. The van der Waals surface area contributed by atoms with Crippen molar-refractivity contribution in [1.29, 1.82) is 0 Å². The molecule has 0 N–H and O–H groups in total. The summed E-state index contributed by atoms with van der Waals surface area (Å²) in [6.07, 6.45) is 8.38. The van der Waals surface area contributed by atoms with E-state index in [1.54, 1.807) is 0 Å². The topological polar surface area (TPSA) is 25.8 Å². The smallest absolute Gasteiger partial charge is 0.0587 e. The van der Waals surface area contributed by atoms with Crippen LogP contribution in [0.2, 0.25) is 0 Å². The van der Waals surface area contributed by atoms with Crippen molar-refractivity contribution >= 4 is 0 Å². The molecule has 0 bridgehead atoms. The van der Waals surface area contributed by atoms with E-state index >= 15 is 0 Å². The highest BCUT2D eigenvalue weighted by molar-refractivity contribution is 5.02. The highest BCUT2D eigenvalue weighted by atomic mass is 14.8. The molecule has 0 unspecified atom stereocenters. The van der Waals surface area contributed by atoms with Gasteiger partial charge in [0.05, 0.1) is 11.4 Å². The molecule has 16 heavy (non-hydrogen) atoms. The summed E-state index contributed by atoms with van der Waals surface area (Å²) >= 11 is 0. The minimum atomic E-state index is 0.738. The van der Waals surface area contributed by atoms with Gasteiger partial charge in [0.25, 0.3) is 0 Å². The molecule has 1 aromatic rings. The van der Waals surface area contributed by atoms with E-state index in [1.807, 2.05) is 12.4 Å². The SMILES string of the molecule is CC(C)CCc1cnc(CCC(C)C)cn1. The summed E-state index contributed by atoms with van der Waals surface area (Å²) in [7, 11) is 0. The molecule has 1 heterocycles. The second kappa shape index (κ2) is 6.62. The lowest BCUT2D eigenvalue weighted by Crippen LogP contribution is -2.00. The van der Waals surface area contributed by atoms with Gasteiger partial charge in [-0.05, 0) is 37.5 Å². The molecule has 0 amide bonds. The molecule has 2 nitrogen and oxygen atoms in total. The summed E-state index contributed by atoms with van der Waals surface area (Å²) in [4.78, 5) is 8.93. The van der Waals surface area contributed by atoms with Gasteiger partial charge in [0, 0.05) is 12.4 Å². The second-order valence-corrected chi connectivity index (χ2v) is 5.36. The van der Waals surface area contributed by atoms with Gasteiger partial charge in [0.15, 0.2) is 0 Å². The van der Waals surface area contributed by atoms with Crippen molar-refractivity contribution in [3.63, 3.8) is 0 Å². The van der Waals surface area contributed by atoms with Gasteiger partial charge in [-0.3, -0.25) is 9.97 Å². The normalized spacial score (nSPS) is 11.4. The quantitative estimate of drug-likeness (QED) is 0.731. The van der Waals surface area contributed by atoms with Gasteiger partial charge in [-0.25, -0.2) is 0 Å². The van der Waals surface area contributed by atoms with Crippen LogP contribution in [0.4, 0.5) is 0 Å². The third-order valence-corrected chi connectivity index (χ3v) is 2.71. The first-order valence-corrected chi connectivity index (χ1v) is 6.37. The lowest BCUT2D eigenvalue weighted by atomic mass is 10.1. The minimum absolute atomic E-state index is 0.738. The van der Waals surface area contributed by atoms with Gasteiger partial charge in [-0.1, -0.05) is 27.7 Å². The van der Waals surface area contributed by atoms with E-state index < -0.39 is 0 Å². The lowest BCUT2D eigenvalue weighted by molar-refractivity contribution is 0.573. The van der Waals surface area contributed by atoms with E-state index in [9.17, 15) is 0 Å². The second-order valence-electron chi connectivity index (χ2n) is 5.36. The summed E-state index contributed by atoms with van der Waals surface area (Å²) in [5.74, 6) is 1.48. The Bertz CT molecular complexity index is 257. The third-order valence-electron chi connectivity index (χ3n) is 2.71. The number of nitrogens with zero attached hydrogens (tertiary/aromatic N) is 2. The summed E-state index contributed by atoms with van der Waals surface area (Å²) < 4.78 is 0. The molecule has 0 radical (unpaired) electrons. The first-order chi connectivity index (χ1) is 7.58. The molecule has 0 aliphatic heterocycles. The van der Waals surface area contributed by atoms with Gasteiger partial charge in [0.2, 0.25) is 0 Å². The van der Waals surface area contributed by atoms with E-state index in [0.717, 1.165) is 36.1 Å². The van der Waals surface area contributed by atoms with Gasteiger partial charge in [-0.2, -0.15) is 0 Å². The van der Waals surface area contributed by atoms with E-state index in [-0.39, 0.29) is 0 Å². The van der Waals surface area contributed by atoms with Crippen LogP contribution in [0.25, 0.3) is 0 Å². The number of aromatic nitrogens is 2. The molecule has 0 aliphatic carbocycles. The Labute approximate surface area is 99.5 Å². The number of hydrogen-bond acceptors (Lipinski definition) is 2. The molecular formula is C14H24N2. The van der Waals surface area contributed by atoms with Crippen molar-refractivity contribution in [3.8, 4) is 0 Å². The number of rotatable bonds is 6. The molecule has 0 saturated heterocycles. The largest absolute Gasteiger partial charge is 0.258 e. The van der Waals surface area contributed by atoms with Crippen molar-refractivity contribution in [2.24, 2.45) is 11.8 Å². The van der Waals surface area contributed by atoms with Crippen LogP contribution in [0.3, 0.4) is 0 Å². The fourth-order valence-corrected chi connectivity index (χ4v) is 1.51. The first kappa shape index (κ1) is 13.1. The van der Waals surface area contributed by atoms with Crippen LogP contribution in [-0.2, 0) is 12.8 Å². The average molecular weight is 220 g/mol. The standard InChI is InChI=1S/C14H24N2/c1-11(2)5-7-13-9-16-14(10-15-13)8-6-12(3)4/h9-12H,5-8H2,1-4H3. The maximum atomic E-state index is 4.47. The third kappa shape index (κ3) is 5.24. The maximum Gasteiger partial charge on any atom is 0.0587 e. The molecular weight excluding hydrogens is 196 g/mol.